The SMILES string of the molecule is Cc1cc(F)cc(C(=O)c2cc(Cl)ccc2OCC(=O)Nc2ccc(C#CC(C)(C)C(=O)NN3CCOCC3)cc2Cl)c1. The smallest absolute Gasteiger partial charge is 0.262 e. The molecule has 11 heteroatoms. The Labute approximate surface area is 259 Å². The van der Waals surface area contributed by atoms with Gasteiger partial charge in [-0.1, -0.05) is 35.0 Å². The van der Waals surface area contributed by atoms with E-state index in [0.717, 1.165) is 6.07 Å². The molecule has 0 spiro atoms. The Morgan fingerprint density at radius 3 is 2.49 bits per heavy atom. The molecule has 3 aromatic rings. The second-order valence-electron chi connectivity index (χ2n) is 10.4. The summed E-state index contributed by atoms with van der Waals surface area (Å²) in [6.45, 7) is 7.02. The molecule has 8 nitrogen and oxygen atoms in total. The number of ether oxygens (including phenoxy) is 2. The number of ketones is 1. The minimum absolute atomic E-state index is 0.0906. The molecule has 0 aromatic heterocycles. The van der Waals surface area contributed by atoms with Gasteiger partial charge in [-0.15, -0.1) is 0 Å². The van der Waals surface area contributed by atoms with Gasteiger partial charge in [0.15, 0.2) is 12.4 Å². The van der Waals surface area contributed by atoms with Crippen molar-refractivity contribution >= 4 is 46.5 Å². The molecule has 224 valence electrons. The topological polar surface area (TPSA) is 97.0 Å². The molecule has 1 aliphatic rings. The largest absolute Gasteiger partial charge is 0.483 e. The molecular weight excluding hydrogens is 596 g/mol. The third-order valence-electron chi connectivity index (χ3n) is 6.45. The summed E-state index contributed by atoms with van der Waals surface area (Å²) in [6, 6.07) is 13.2. The number of nitrogens with zero attached hydrogens (tertiary/aromatic N) is 1. The number of morpholine rings is 1. The van der Waals surface area contributed by atoms with Crippen molar-refractivity contribution in [1.29, 1.82) is 0 Å². The third-order valence-corrected chi connectivity index (χ3v) is 7.00. The molecule has 2 N–H and O–H groups in total. The zero-order valence-electron chi connectivity index (χ0n) is 23.9. The van der Waals surface area contributed by atoms with Crippen LogP contribution in [0.4, 0.5) is 10.1 Å². The number of halogens is 3. The fourth-order valence-corrected chi connectivity index (χ4v) is 4.50. The maximum absolute atomic E-state index is 13.9. The van der Waals surface area contributed by atoms with E-state index in [4.69, 9.17) is 32.7 Å². The number of carbonyl (C=O) groups is 3. The molecule has 2 amide bonds. The van der Waals surface area contributed by atoms with Crippen LogP contribution in [0.2, 0.25) is 10.0 Å². The van der Waals surface area contributed by atoms with Crippen molar-refractivity contribution in [3.63, 3.8) is 0 Å². The summed E-state index contributed by atoms with van der Waals surface area (Å²) < 4.78 is 24.8. The van der Waals surface area contributed by atoms with E-state index in [1.54, 1.807) is 45.0 Å². The van der Waals surface area contributed by atoms with Crippen molar-refractivity contribution in [2.24, 2.45) is 5.41 Å². The molecule has 4 rings (SSSR count). The maximum Gasteiger partial charge on any atom is 0.262 e. The minimum atomic E-state index is -0.968. The first-order valence-corrected chi connectivity index (χ1v) is 14.2. The molecule has 1 aliphatic heterocycles. The Balaban J connectivity index is 1.38. The monoisotopic (exact) mass is 625 g/mol. The van der Waals surface area contributed by atoms with Gasteiger partial charge in [-0.3, -0.25) is 19.8 Å². The van der Waals surface area contributed by atoms with Crippen molar-refractivity contribution in [2.75, 3.05) is 38.2 Å². The number of benzene rings is 3. The molecular formula is C32H30Cl2FN3O5. The first-order chi connectivity index (χ1) is 20.4. The van der Waals surface area contributed by atoms with Crippen LogP contribution in [-0.4, -0.2) is 55.5 Å². The van der Waals surface area contributed by atoms with Gasteiger partial charge < -0.3 is 14.8 Å². The van der Waals surface area contributed by atoms with E-state index < -0.39 is 29.5 Å². The Morgan fingerprint density at radius 2 is 1.79 bits per heavy atom. The second kappa shape index (κ2) is 14.0. The normalized spacial score (nSPS) is 13.4. The van der Waals surface area contributed by atoms with Crippen LogP contribution in [0.3, 0.4) is 0 Å². The zero-order chi connectivity index (χ0) is 31.1. The highest BCUT2D eigenvalue weighted by molar-refractivity contribution is 6.33. The summed E-state index contributed by atoms with van der Waals surface area (Å²) in [7, 11) is 0. The van der Waals surface area contributed by atoms with E-state index in [-0.39, 0.29) is 32.8 Å². The maximum atomic E-state index is 13.9. The Kier molecular flexibility index (Phi) is 10.4. The predicted octanol–water partition coefficient (Wildman–Crippen LogP) is 5.43. The lowest BCUT2D eigenvalue weighted by Crippen LogP contribution is -2.51. The van der Waals surface area contributed by atoms with Crippen molar-refractivity contribution < 1.29 is 28.2 Å². The molecule has 0 saturated carbocycles. The number of hydrogen-bond donors (Lipinski definition) is 2. The molecule has 3 aromatic carbocycles. The van der Waals surface area contributed by atoms with Crippen molar-refractivity contribution in [2.45, 2.75) is 20.8 Å². The summed E-state index contributed by atoms with van der Waals surface area (Å²) in [6.07, 6.45) is 0. The van der Waals surface area contributed by atoms with Crippen LogP contribution in [0, 0.1) is 30.0 Å². The van der Waals surface area contributed by atoms with Crippen molar-refractivity contribution in [3.8, 4) is 17.6 Å². The fraction of sp³-hybridized carbons (Fsp3) is 0.281. The molecule has 0 aliphatic carbocycles. The highest BCUT2D eigenvalue weighted by Gasteiger charge is 2.27. The molecule has 1 heterocycles. The average Bonchev–Trinajstić information content (AvgIpc) is 2.96. The van der Waals surface area contributed by atoms with Gasteiger partial charge in [-0.05, 0) is 80.9 Å². The van der Waals surface area contributed by atoms with E-state index >= 15 is 0 Å². The van der Waals surface area contributed by atoms with E-state index in [2.05, 4.69) is 22.6 Å². The van der Waals surface area contributed by atoms with E-state index in [1.165, 1.54) is 24.3 Å². The molecule has 1 fully saturated rings. The highest BCUT2D eigenvalue weighted by Crippen LogP contribution is 2.27. The number of rotatable bonds is 8. The zero-order valence-corrected chi connectivity index (χ0v) is 25.4. The van der Waals surface area contributed by atoms with Crippen LogP contribution in [0.1, 0.15) is 40.9 Å². The summed E-state index contributed by atoms with van der Waals surface area (Å²) >= 11 is 12.5. The van der Waals surface area contributed by atoms with Gasteiger partial charge in [0, 0.05) is 29.2 Å². The number of carbonyl (C=O) groups excluding carboxylic acids is 3. The van der Waals surface area contributed by atoms with Gasteiger partial charge in [0.05, 0.1) is 29.5 Å². The summed E-state index contributed by atoms with van der Waals surface area (Å²) in [4.78, 5) is 38.5. The molecule has 0 bridgehead atoms. The highest BCUT2D eigenvalue weighted by atomic mass is 35.5. The quantitative estimate of drug-likeness (QED) is 0.256. The lowest BCUT2D eigenvalue weighted by Gasteiger charge is -2.29. The molecule has 0 radical (unpaired) electrons. The van der Waals surface area contributed by atoms with Crippen molar-refractivity contribution in [1.82, 2.24) is 10.4 Å². The lowest BCUT2D eigenvalue weighted by molar-refractivity contribution is -0.133. The molecule has 0 atom stereocenters. The summed E-state index contributed by atoms with van der Waals surface area (Å²) in [5.74, 6) is 4.27. The van der Waals surface area contributed by atoms with Crippen LogP contribution in [-0.2, 0) is 14.3 Å². The number of nitrogens with one attached hydrogen (secondary N) is 2. The number of anilines is 1. The fourth-order valence-electron chi connectivity index (χ4n) is 4.10. The number of hydrazine groups is 1. The van der Waals surface area contributed by atoms with Crippen LogP contribution in [0.5, 0.6) is 5.75 Å². The number of hydrogen-bond acceptors (Lipinski definition) is 6. The Bertz CT molecular complexity index is 1590. The van der Waals surface area contributed by atoms with Crippen LogP contribution in [0.15, 0.2) is 54.6 Å². The lowest BCUT2D eigenvalue weighted by atomic mass is 9.93. The van der Waals surface area contributed by atoms with Gasteiger partial charge in [0.1, 0.15) is 17.0 Å². The predicted molar refractivity (Wildman–Crippen MR) is 163 cm³/mol. The second-order valence-corrected chi connectivity index (χ2v) is 11.3. The van der Waals surface area contributed by atoms with Crippen LogP contribution < -0.4 is 15.5 Å². The standard InChI is InChI=1S/C32H30Cl2FN3O5/c1-20-14-22(17-24(35)15-20)30(40)25-18-23(33)5-7-28(25)43-19-29(39)36-27-6-4-21(16-26(27)34)8-9-32(2,3)31(41)37-38-10-12-42-13-11-38/h4-7,14-18H,10-13,19H2,1-3H3,(H,36,39)(H,37,41). The van der Waals surface area contributed by atoms with Gasteiger partial charge >= 0.3 is 0 Å². The first-order valence-electron chi connectivity index (χ1n) is 13.4. The van der Waals surface area contributed by atoms with Gasteiger partial charge in [-0.25, -0.2) is 9.40 Å². The molecule has 0 unspecified atom stereocenters. The van der Waals surface area contributed by atoms with Gasteiger partial charge in [0.2, 0.25) is 0 Å². The number of aryl methyl sites for hydroxylation is 1. The van der Waals surface area contributed by atoms with Gasteiger partial charge in [0.25, 0.3) is 11.8 Å². The number of amides is 2. The molecule has 1 saturated heterocycles. The van der Waals surface area contributed by atoms with E-state index in [0.29, 0.717) is 43.1 Å². The third kappa shape index (κ3) is 8.78. The Hall–Kier alpha value is -3.94. The van der Waals surface area contributed by atoms with Crippen LogP contribution >= 0.6 is 23.2 Å². The van der Waals surface area contributed by atoms with Gasteiger partial charge in [-0.2, -0.15) is 0 Å². The van der Waals surface area contributed by atoms with E-state index in [9.17, 15) is 18.8 Å². The van der Waals surface area contributed by atoms with E-state index in [1.807, 2.05) is 5.01 Å². The first kappa shape index (κ1) is 32.0. The molecule has 43 heavy (non-hydrogen) atoms. The van der Waals surface area contributed by atoms with Crippen LogP contribution in [0.25, 0.3) is 0 Å². The summed E-state index contributed by atoms with van der Waals surface area (Å²) in [5.41, 5.74) is 3.59. The Morgan fingerprint density at radius 1 is 1.05 bits per heavy atom. The average molecular weight is 627 g/mol. The minimum Gasteiger partial charge on any atom is -0.483 e. The van der Waals surface area contributed by atoms with Crippen molar-refractivity contribution in [3.05, 3.63) is 92.7 Å². The summed E-state index contributed by atoms with van der Waals surface area (Å²) in [5, 5.41) is 4.99.